The maximum atomic E-state index is 11.7. The second kappa shape index (κ2) is 9.39. The van der Waals surface area contributed by atoms with E-state index in [0.717, 1.165) is 6.42 Å². The van der Waals surface area contributed by atoms with Crippen molar-refractivity contribution in [1.29, 1.82) is 0 Å². The van der Waals surface area contributed by atoms with Gasteiger partial charge < -0.3 is 18.6 Å². The summed E-state index contributed by atoms with van der Waals surface area (Å²) < 4.78 is 23.7. The predicted molar refractivity (Wildman–Crippen MR) is 109 cm³/mol. The van der Waals surface area contributed by atoms with Crippen molar-refractivity contribution in [2.24, 2.45) is 0 Å². The number of rotatable bonds is 7. The van der Waals surface area contributed by atoms with Gasteiger partial charge in [0.2, 0.25) is 0 Å². The molecule has 0 aromatic heterocycles. The molecule has 5 nitrogen and oxygen atoms in total. The van der Waals surface area contributed by atoms with Crippen LogP contribution < -0.4 is 0 Å². The fourth-order valence-electron chi connectivity index (χ4n) is 4.74. The van der Waals surface area contributed by atoms with E-state index in [1.165, 1.54) is 0 Å². The van der Waals surface area contributed by atoms with E-state index in [-0.39, 0.29) is 18.3 Å². The zero-order chi connectivity index (χ0) is 20.2. The Kier molecular flexibility index (Phi) is 7.71. The van der Waals surface area contributed by atoms with Crippen molar-refractivity contribution in [3.05, 3.63) is 24.8 Å². The molecule has 0 saturated carbocycles. The molecule has 2 rings (SSSR count). The average molecular weight is 397 g/mol. The first-order valence-corrected chi connectivity index (χ1v) is 12.3. The highest BCUT2D eigenvalue weighted by Crippen LogP contribution is 2.42. The van der Waals surface area contributed by atoms with Crippen LogP contribution >= 0.6 is 0 Å². The SMILES string of the molecule is C=CC1OC(=O)O[C@H]2C/C=C\C[C@@H](CO[Si](C(C)C)(C(C)C)C(C)C)O[C@H]12. The third-order valence-electron chi connectivity index (χ3n) is 5.91. The summed E-state index contributed by atoms with van der Waals surface area (Å²) in [6.07, 6.45) is 5.23. The van der Waals surface area contributed by atoms with Crippen molar-refractivity contribution in [3.63, 3.8) is 0 Å². The largest absolute Gasteiger partial charge is 0.509 e. The van der Waals surface area contributed by atoms with Crippen molar-refractivity contribution >= 4 is 14.5 Å². The Morgan fingerprint density at radius 1 is 1.11 bits per heavy atom. The smallest absolute Gasteiger partial charge is 0.428 e. The quantitative estimate of drug-likeness (QED) is 0.329. The molecular weight excluding hydrogens is 360 g/mol. The van der Waals surface area contributed by atoms with Gasteiger partial charge in [-0.15, -0.1) is 0 Å². The molecule has 0 radical (unpaired) electrons. The van der Waals surface area contributed by atoms with Gasteiger partial charge in [-0.25, -0.2) is 4.79 Å². The summed E-state index contributed by atoms with van der Waals surface area (Å²) in [4.78, 5) is 11.7. The van der Waals surface area contributed by atoms with Crippen LogP contribution in [-0.2, 0) is 18.6 Å². The number of fused-ring (bicyclic) bond motifs is 1. The second-order valence-corrected chi connectivity index (χ2v) is 14.0. The molecular formula is C21H36O5Si. The monoisotopic (exact) mass is 396 g/mol. The lowest BCUT2D eigenvalue weighted by atomic mass is 10.0. The van der Waals surface area contributed by atoms with E-state index in [0.29, 0.717) is 29.7 Å². The Morgan fingerprint density at radius 3 is 2.26 bits per heavy atom. The molecule has 6 heteroatoms. The van der Waals surface area contributed by atoms with Crippen LogP contribution in [0.25, 0.3) is 0 Å². The molecule has 0 aromatic rings. The molecule has 0 bridgehead atoms. The maximum Gasteiger partial charge on any atom is 0.509 e. The summed E-state index contributed by atoms with van der Waals surface area (Å²) in [6, 6.07) is 0. The Morgan fingerprint density at radius 2 is 1.70 bits per heavy atom. The third kappa shape index (κ3) is 4.84. The van der Waals surface area contributed by atoms with E-state index in [2.05, 4.69) is 60.3 Å². The van der Waals surface area contributed by atoms with Gasteiger partial charge in [-0.05, 0) is 29.1 Å². The number of hydrogen-bond acceptors (Lipinski definition) is 5. The number of hydrogen-bond donors (Lipinski definition) is 0. The van der Waals surface area contributed by atoms with Crippen LogP contribution in [0.1, 0.15) is 54.4 Å². The van der Waals surface area contributed by atoms with E-state index in [1.54, 1.807) is 6.08 Å². The molecule has 2 aliphatic heterocycles. The van der Waals surface area contributed by atoms with Gasteiger partial charge in [0.05, 0.1) is 12.7 Å². The number of ether oxygens (including phenoxy) is 3. The molecule has 0 amide bonds. The summed E-state index contributed by atoms with van der Waals surface area (Å²) >= 11 is 0. The lowest BCUT2D eigenvalue weighted by molar-refractivity contribution is -0.170. The third-order valence-corrected chi connectivity index (χ3v) is 12.0. The van der Waals surface area contributed by atoms with E-state index in [4.69, 9.17) is 18.6 Å². The number of carbonyl (C=O) groups excluding carboxylic acids is 1. The molecule has 0 N–H and O–H groups in total. The van der Waals surface area contributed by atoms with E-state index < -0.39 is 20.6 Å². The van der Waals surface area contributed by atoms with Crippen molar-refractivity contribution in [2.75, 3.05) is 6.61 Å². The number of cyclic esters (lactones) is 1. The Bertz CT molecular complexity index is 521. The van der Waals surface area contributed by atoms with E-state index in [1.807, 2.05) is 0 Å². The van der Waals surface area contributed by atoms with Crippen LogP contribution in [0.3, 0.4) is 0 Å². The van der Waals surface area contributed by atoms with Gasteiger partial charge in [0.25, 0.3) is 0 Å². The first-order chi connectivity index (χ1) is 12.7. The van der Waals surface area contributed by atoms with Crippen LogP contribution in [0, 0.1) is 0 Å². The predicted octanol–water partition coefficient (Wildman–Crippen LogP) is 5.37. The molecule has 27 heavy (non-hydrogen) atoms. The van der Waals surface area contributed by atoms with Crippen molar-refractivity contribution in [2.45, 2.75) is 95.4 Å². The topological polar surface area (TPSA) is 54.0 Å². The Hall–Kier alpha value is -1.11. The summed E-state index contributed by atoms with van der Waals surface area (Å²) in [5.41, 5.74) is 1.57. The minimum atomic E-state index is -1.96. The minimum Gasteiger partial charge on any atom is -0.428 e. The minimum absolute atomic E-state index is 0.0972. The highest BCUT2D eigenvalue weighted by molar-refractivity contribution is 6.77. The Balaban J connectivity index is 2.15. The molecule has 154 valence electrons. The van der Waals surface area contributed by atoms with Gasteiger partial charge in [0, 0.05) is 6.42 Å². The van der Waals surface area contributed by atoms with Gasteiger partial charge in [0.1, 0.15) is 12.2 Å². The Labute approximate surface area is 165 Å². The summed E-state index contributed by atoms with van der Waals surface area (Å²) in [6.45, 7) is 18.0. The van der Waals surface area contributed by atoms with Gasteiger partial charge >= 0.3 is 6.16 Å². The van der Waals surface area contributed by atoms with Gasteiger partial charge in [0.15, 0.2) is 14.4 Å². The molecule has 2 aliphatic rings. The van der Waals surface area contributed by atoms with E-state index in [9.17, 15) is 4.79 Å². The summed E-state index contributed by atoms with van der Waals surface area (Å²) in [5, 5.41) is 0. The highest BCUT2D eigenvalue weighted by Gasteiger charge is 2.46. The fraction of sp³-hybridized carbons (Fsp3) is 0.762. The fourth-order valence-corrected chi connectivity index (χ4v) is 10.2. The molecule has 1 fully saturated rings. The molecule has 0 aromatic carbocycles. The standard InChI is InChI=1S/C21H36O5Si/c1-8-18-20-19(26-21(22)25-18)12-10-9-11-17(24-20)13-23-27(14(2)3,15(4)5)16(6)7/h8-10,14-20H,1,11-13H2,2-7H3/b10-9-/t17-,18?,19-,20+/m0/s1. The maximum absolute atomic E-state index is 11.7. The highest BCUT2D eigenvalue weighted by atomic mass is 28.4. The molecule has 1 unspecified atom stereocenters. The lowest BCUT2D eigenvalue weighted by Crippen LogP contribution is -2.52. The van der Waals surface area contributed by atoms with Crippen molar-refractivity contribution < 1.29 is 23.4 Å². The van der Waals surface area contributed by atoms with E-state index >= 15 is 0 Å². The van der Waals surface area contributed by atoms with Crippen LogP contribution in [0.5, 0.6) is 0 Å². The van der Waals surface area contributed by atoms with Crippen molar-refractivity contribution in [3.8, 4) is 0 Å². The normalized spacial score (nSPS) is 30.3. The van der Waals surface area contributed by atoms with Crippen LogP contribution in [0.15, 0.2) is 24.8 Å². The van der Waals surface area contributed by atoms with Gasteiger partial charge in [-0.3, -0.25) is 0 Å². The first-order valence-electron chi connectivity index (χ1n) is 10.2. The van der Waals surface area contributed by atoms with Crippen molar-refractivity contribution in [1.82, 2.24) is 0 Å². The number of carbonyl (C=O) groups is 1. The molecule has 4 atom stereocenters. The zero-order valence-electron chi connectivity index (χ0n) is 17.6. The molecule has 0 aliphatic carbocycles. The molecule has 2 heterocycles. The average Bonchev–Trinajstić information content (AvgIpc) is 2.56. The van der Waals surface area contributed by atoms with Gasteiger partial charge in [-0.1, -0.05) is 60.3 Å². The van der Waals surface area contributed by atoms with Gasteiger partial charge in [-0.2, -0.15) is 0 Å². The lowest BCUT2D eigenvalue weighted by Gasteiger charge is -2.44. The summed E-state index contributed by atoms with van der Waals surface area (Å²) in [5.74, 6) is 0. The zero-order valence-corrected chi connectivity index (χ0v) is 18.6. The van der Waals surface area contributed by atoms with Crippen LogP contribution in [0.4, 0.5) is 4.79 Å². The second-order valence-electron chi connectivity index (χ2n) is 8.52. The van der Waals surface area contributed by atoms with Crippen LogP contribution in [-0.4, -0.2) is 45.5 Å². The molecule has 0 spiro atoms. The molecule has 1 saturated heterocycles. The first kappa shape index (κ1) is 22.2. The van der Waals surface area contributed by atoms with Crippen LogP contribution in [0.2, 0.25) is 16.6 Å². The summed E-state index contributed by atoms with van der Waals surface area (Å²) in [7, 11) is -1.96.